The van der Waals surface area contributed by atoms with Crippen molar-refractivity contribution in [3.8, 4) is 0 Å². The van der Waals surface area contributed by atoms with Gasteiger partial charge in [0.25, 0.3) is 0 Å². The van der Waals surface area contributed by atoms with E-state index in [1.807, 2.05) is 6.92 Å². The molecule has 2 unspecified atom stereocenters. The summed E-state index contributed by atoms with van der Waals surface area (Å²) in [6, 6.07) is 3.06. The van der Waals surface area contributed by atoms with Crippen molar-refractivity contribution < 1.29 is 13.6 Å². The molecule has 1 amide bonds. The number of carbonyl (C=O) groups is 1. The van der Waals surface area contributed by atoms with Gasteiger partial charge in [0.2, 0.25) is 5.91 Å². The summed E-state index contributed by atoms with van der Waals surface area (Å²) in [6.45, 7) is 3.47. The molecule has 0 bridgehead atoms. The number of hydrogen-bond acceptors (Lipinski definition) is 2. The minimum absolute atomic E-state index is 0. The van der Waals surface area contributed by atoms with Crippen molar-refractivity contribution in [2.75, 3.05) is 13.1 Å². The molecule has 1 fully saturated rings. The van der Waals surface area contributed by atoms with Crippen molar-refractivity contribution in [1.82, 2.24) is 10.6 Å². The summed E-state index contributed by atoms with van der Waals surface area (Å²) < 4.78 is 26.7. The highest BCUT2D eigenvalue weighted by molar-refractivity contribution is 5.85. The van der Waals surface area contributed by atoms with Crippen LogP contribution in [0.3, 0.4) is 0 Å². The fourth-order valence-electron chi connectivity index (χ4n) is 2.55. The Kier molecular flexibility index (Phi) is 7.05. The van der Waals surface area contributed by atoms with E-state index >= 15 is 0 Å². The summed E-state index contributed by atoms with van der Waals surface area (Å²) in [5, 5.41) is 6.05. The lowest BCUT2D eigenvalue weighted by molar-refractivity contribution is -0.126. The van der Waals surface area contributed by atoms with Gasteiger partial charge in [0, 0.05) is 18.2 Å². The van der Waals surface area contributed by atoms with Gasteiger partial charge in [-0.05, 0) is 31.9 Å². The van der Waals surface area contributed by atoms with Crippen molar-refractivity contribution in [3.63, 3.8) is 0 Å². The molecule has 6 heteroatoms. The van der Waals surface area contributed by atoms with Gasteiger partial charge < -0.3 is 10.6 Å². The van der Waals surface area contributed by atoms with Gasteiger partial charge in [-0.15, -0.1) is 12.4 Å². The van der Waals surface area contributed by atoms with Crippen LogP contribution >= 0.6 is 12.4 Å². The molecule has 1 aromatic rings. The molecular formula is C15H21ClF2N2O. The molecule has 2 N–H and O–H groups in total. The Bertz CT molecular complexity index is 479. The van der Waals surface area contributed by atoms with Crippen LogP contribution in [0.15, 0.2) is 18.2 Å². The van der Waals surface area contributed by atoms with E-state index in [1.165, 1.54) is 12.1 Å². The molecule has 0 aromatic heterocycles. The number of halogens is 3. The standard InChI is InChI=1S/C15H20F2N2O.ClH/c1-2-14(12-6-5-11(16)8-13(12)17)19-15(20)10-4-3-7-18-9-10;/h5-6,8,10,14,18H,2-4,7,9H2,1H3,(H,19,20);1H. The Labute approximate surface area is 129 Å². The first-order chi connectivity index (χ1) is 9.61. The van der Waals surface area contributed by atoms with Crippen molar-refractivity contribution >= 4 is 18.3 Å². The SMILES string of the molecule is CCC(NC(=O)C1CCCNC1)c1ccc(F)cc1F.Cl. The van der Waals surface area contributed by atoms with Crippen LogP contribution in [0.1, 0.15) is 37.8 Å². The Morgan fingerprint density at radius 2 is 2.24 bits per heavy atom. The van der Waals surface area contributed by atoms with E-state index in [1.54, 1.807) is 0 Å². The highest BCUT2D eigenvalue weighted by atomic mass is 35.5. The van der Waals surface area contributed by atoms with Crippen molar-refractivity contribution in [2.24, 2.45) is 5.92 Å². The molecule has 2 rings (SSSR count). The topological polar surface area (TPSA) is 41.1 Å². The van der Waals surface area contributed by atoms with Crippen LogP contribution in [0, 0.1) is 17.6 Å². The number of amides is 1. The van der Waals surface area contributed by atoms with Crippen LogP contribution < -0.4 is 10.6 Å². The maximum atomic E-state index is 13.8. The van der Waals surface area contributed by atoms with E-state index in [9.17, 15) is 13.6 Å². The van der Waals surface area contributed by atoms with Crippen LogP contribution in [0.2, 0.25) is 0 Å². The van der Waals surface area contributed by atoms with Gasteiger partial charge in [-0.25, -0.2) is 8.78 Å². The summed E-state index contributed by atoms with van der Waals surface area (Å²) in [6.07, 6.45) is 2.38. The zero-order valence-electron chi connectivity index (χ0n) is 12.0. The molecule has 0 spiro atoms. The molecule has 3 nitrogen and oxygen atoms in total. The quantitative estimate of drug-likeness (QED) is 0.896. The first-order valence-electron chi connectivity index (χ1n) is 7.08. The van der Waals surface area contributed by atoms with E-state index in [2.05, 4.69) is 10.6 Å². The molecule has 2 atom stereocenters. The van der Waals surface area contributed by atoms with E-state index < -0.39 is 17.7 Å². The summed E-state index contributed by atoms with van der Waals surface area (Å²) >= 11 is 0. The number of carbonyl (C=O) groups excluding carboxylic acids is 1. The molecule has 1 aliphatic heterocycles. The zero-order valence-corrected chi connectivity index (χ0v) is 12.8. The lowest BCUT2D eigenvalue weighted by Crippen LogP contribution is -2.41. The molecular weight excluding hydrogens is 298 g/mol. The zero-order chi connectivity index (χ0) is 14.5. The van der Waals surface area contributed by atoms with Gasteiger partial charge in [0.15, 0.2) is 0 Å². The summed E-state index contributed by atoms with van der Waals surface area (Å²) in [4.78, 5) is 12.2. The molecule has 21 heavy (non-hydrogen) atoms. The molecule has 1 heterocycles. The van der Waals surface area contributed by atoms with E-state index in [0.717, 1.165) is 25.5 Å². The van der Waals surface area contributed by atoms with Crippen LogP contribution in [-0.2, 0) is 4.79 Å². The van der Waals surface area contributed by atoms with Gasteiger partial charge in [-0.3, -0.25) is 4.79 Å². The molecule has 0 saturated carbocycles. The average Bonchev–Trinajstić information content (AvgIpc) is 2.46. The second-order valence-corrected chi connectivity index (χ2v) is 5.18. The number of hydrogen-bond donors (Lipinski definition) is 2. The average molecular weight is 319 g/mol. The summed E-state index contributed by atoms with van der Waals surface area (Å²) in [7, 11) is 0. The van der Waals surface area contributed by atoms with Crippen LogP contribution in [0.4, 0.5) is 8.78 Å². The van der Waals surface area contributed by atoms with E-state index in [0.29, 0.717) is 18.5 Å². The van der Waals surface area contributed by atoms with Crippen molar-refractivity contribution in [2.45, 2.75) is 32.2 Å². The highest BCUT2D eigenvalue weighted by Crippen LogP contribution is 2.22. The fourth-order valence-corrected chi connectivity index (χ4v) is 2.55. The first kappa shape index (κ1) is 17.9. The lowest BCUT2D eigenvalue weighted by atomic mass is 9.97. The first-order valence-corrected chi connectivity index (χ1v) is 7.08. The molecule has 1 saturated heterocycles. The van der Waals surface area contributed by atoms with Crippen LogP contribution in [0.5, 0.6) is 0 Å². The number of benzene rings is 1. The predicted octanol–water partition coefficient (Wildman–Crippen LogP) is 2.95. The molecule has 0 radical (unpaired) electrons. The molecule has 118 valence electrons. The van der Waals surface area contributed by atoms with Crippen LogP contribution in [-0.4, -0.2) is 19.0 Å². The lowest BCUT2D eigenvalue weighted by Gasteiger charge is -2.25. The third kappa shape index (κ3) is 4.64. The Morgan fingerprint density at radius 3 is 2.81 bits per heavy atom. The Morgan fingerprint density at radius 1 is 1.48 bits per heavy atom. The van der Waals surface area contributed by atoms with Gasteiger partial charge >= 0.3 is 0 Å². The third-order valence-corrected chi connectivity index (χ3v) is 3.73. The number of piperidine rings is 1. The maximum absolute atomic E-state index is 13.8. The smallest absolute Gasteiger partial charge is 0.224 e. The van der Waals surface area contributed by atoms with Gasteiger partial charge in [0.1, 0.15) is 11.6 Å². The van der Waals surface area contributed by atoms with Gasteiger partial charge in [-0.1, -0.05) is 13.0 Å². The van der Waals surface area contributed by atoms with E-state index in [4.69, 9.17) is 0 Å². The monoisotopic (exact) mass is 318 g/mol. The third-order valence-electron chi connectivity index (χ3n) is 3.73. The number of rotatable bonds is 4. The van der Waals surface area contributed by atoms with Crippen molar-refractivity contribution in [3.05, 3.63) is 35.4 Å². The normalized spacial score (nSPS) is 19.5. The Balaban J connectivity index is 0.00000220. The largest absolute Gasteiger partial charge is 0.349 e. The Hall–Kier alpha value is -1.20. The fraction of sp³-hybridized carbons (Fsp3) is 0.533. The minimum atomic E-state index is -0.612. The van der Waals surface area contributed by atoms with Gasteiger partial charge in [-0.2, -0.15) is 0 Å². The second-order valence-electron chi connectivity index (χ2n) is 5.18. The predicted molar refractivity (Wildman–Crippen MR) is 80.4 cm³/mol. The van der Waals surface area contributed by atoms with E-state index in [-0.39, 0.29) is 24.2 Å². The summed E-state index contributed by atoms with van der Waals surface area (Å²) in [5.74, 6) is -1.35. The maximum Gasteiger partial charge on any atom is 0.224 e. The molecule has 1 aliphatic rings. The minimum Gasteiger partial charge on any atom is -0.349 e. The van der Waals surface area contributed by atoms with Crippen LogP contribution in [0.25, 0.3) is 0 Å². The van der Waals surface area contributed by atoms with Gasteiger partial charge in [0.05, 0.1) is 12.0 Å². The number of nitrogens with one attached hydrogen (secondary N) is 2. The second kappa shape index (κ2) is 8.29. The highest BCUT2D eigenvalue weighted by Gasteiger charge is 2.24. The van der Waals surface area contributed by atoms with Crippen molar-refractivity contribution in [1.29, 1.82) is 0 Å². The molecule has 1 aromatic carbocycles. The summed E-state index contributed by atoms with van der Waals surface area (Å²) in [5.41, 5.74) is 0.339. The molecule has 0 aliphatic carbocycles.